The topological polar surface area (TPSA) is 51.5 Å². The fourth-order valence-electron chi connectivity index (χ4n) is 1.17. The Kier molecular flexibility index (Phi) is 2.33. The van der Waals surface area contributed by atoms with Crippen LogP contribution in [0.25, 0.3) is 5.65 Å². The van der Waals surface area contributed by atoms with Crippen LogP contribution in [0.3, 0.4) is 0 Å². The number of nitrogens with zero attached hydrogens (tertiary/aromatic N) is 3. The van der Waals surface area contributed by atoms with Crippen LogP contribution >= 0.6 is 0 Å². The minimum atomic E-state index is -4.76. The first kappa shape index (κ1) is 10.5. The van der Waals surface area contributed by atoms with Gasteiger partial charge in [-0.1, -0.05) is 0 Å². The van der Waals surface area contributed by atoms with Crippen molar-refractivity contribution in [3.8, 4) is 5.88 Å². The Morgan fingerprint density at radius 2 is 2.12 bits per heavy atom. The van der Waals surface area contributed by atoms with E-state index >= 15 is 0 Å². The molecule has 1 N–H and O–H groups in total. The first-order valence-electron chi connectivity index (χ1n) is 4.28. The van der Waals surface area contributed by atoms with Gasteiger partial charge < -0.3 is 10.1 Å². The lowest BCUT2D eigenvalue weighted by molar-refractivity contribution is -0.276. The van der Waals surface area contributed by atoms with Gasteiger partial charge in [0.15, 0.2) is 5.65 Å². The molecule has 16 heavy (non-hydrogen) atoms. The van der Waals surface area contributed by atoms with Crippen LogP contribution in [0.1, 0.15) is 0 Å². The van der Waals surface area contributed by atoms with Crippen LogP contribution in [-0.4, -0.2) is 28.0 Å². The van der Waals surface area contributed by atoms with Crippen molar-refractivity contribution in [3.05, 3.63) is 18.3 Å². The number of anilines is 1. The molecule has 2 aromatic heterocycles. The molecule has 0 spiro atoms. The molecule has 0 aliphatic rings. The normalized spacial score (nSPS) is 11.8. The van der Waals surface area contributed by atoms with Crippen molar-refractivity contribution in [1.82, 2.24) is 14.6 Å². The molecule has 0 unspecified atom stereocenters. The summed E-state index contributed by atoms with van der Waals surface area (Å²) in [6, 6.07) is 3.13. The Labute approximate surface area is 87.8 Å². The second-order valence-corrected chi connectivity index (χ2v) is 2.88. The van der Waals surface area contributed by atoms with E-state index in [0.29, 0.717) is 5.82 Å². The maximum absolute atomic E-state index is 12.0. The van der Waals surface area contributed by atoms with E-state index in [4.69, 9.17) is 0 Å². The SMILES string of the molecule is CNc1ccc2ncc(OC(F)(F)F)n2n1. The molecule has 0 saturated carbocycles. The van der Waals surface area contributed by atoms with Crippen molar-refractivity contribution >= 4 is 11.5 Å². The van der Waals surface area contributed by atoms with Crippen molar-refractivity contribution in [2.75, 3.05) is 12.4 Å². The van der Waals surface area contributed by atoms with Gasteiger partial charge in [0, 0.05) is 7.05 Å². The summed E-state index contributed by atoms with van der Waals surface area (Å²) in [7, 11) is 1.61. The fourth-order valence-corrected chi connectivity index (χ4v) is 1.17. The molecule has 0 aliphatic carbocycles. The summed E-state index contributed by atoms with van der Waals surface area (Å²) in [4.78, 5) is 3.73. The Morgan fingerprint density at radius 1 is 1.38 bits per heavy atom. The molecule has 0 aromatic carbocycles. The second-order valence-electron chi connectivity index (χ2n) is 2.88. The zero-order chi connectivity index (χ0) is 11.8. The van der Waals surface area contributed by atoms with Gasteiger partial charge in [0.25, 0.3) is 0 Å². The maximum atomic E-state index is 12.0. The van der Waals surface area contributed by atoms with Crippen LogP contribution in [0.5, 0.6) is 5.88 Å². The lowest BCUT2D eigenvalue weighted by atomic mass is 10.5. The molecule has 0 fully saturated rings. The largest absolute Gasteiger partial charge is 0.574 e. The van der Waals surface area contributed by atoms with Crippen LogP contribution < -0.4 is 10.1 Å². The second kappa shape index (κ2) is 3.54. The van der Waals surface area contributed by atoms with Crippen LogP contribution in [0, 0.1) is 0 Å². The highest BCUT2D eigenvalue weighted by atomic mass is 19.4. The Morgan fingerprint density at radius 3 is 2.75 bits per heavy atom. The zero-order valence-corrected chi connectivity index (χ0v) is 8.12. The number of aromatic nitrogens is 3. The van der Waals surface area contributed by atoms with Crippen LogP contribution in [0.15, 0.2) is 18.3 Å². The molecule has 8 heteroatoms. The average molecular weight is 232 g/mol. The van der Waals surface area contributed by atoms with E-state index in [0.717, 1.165) is 10.7 Å². The number of ether oxygens (including phenoxy) is 1. The van der Waals surface area contributed by atoms with Gasteiger partial charge in [0.1, 0.15) is 5.82 Å². The van der Waals surface area contributed by atoms with E-state index < -0.39 is 12.2 Å². The highest BCUT2D eigenvalue weighted by Crippen LogP contribution is 2.23. The molecular formula is C8H7F3N4O. The molecular weight excluding hydrogens is 225 g/mol. The molecule has 0 radical (unpaired) electrons. The van der Waals surface area contributed by atoms with Gasteiger partial charge in [-0.05, 0) is 12.1 Å². The van der Waals surface area contributed by atoms with E-state index in [1.54, 1.807) is 13.1 Å². The van der Waals surface area contributed by atoms with Gasteiger partial charge in [0.2, 0.25) is 5.88 Å². The van der Waals surface area contributed by atoms with Crippen LogP contribution in [0.2, 0.25) is 0 Å². The molecule has 5 nitrogen and oxygen atoms in total. The van der Waals surface area contributed by atoms with Crippen LogP contribution in [-0.2, 0) is 0 Å². The third-order valence-electron chi connectivity index (χ3n) is 1.81. The van der Waals surface area contributed by atoms with E-state index in [-0.39, 0.29) is 5.65 Å². The number of halogens is 3. The van der Waals surface area contributed by atoms with Crippen molar-refractivity contribution in [2.45, 2.75) is 6.36 Å². The highest BCUT2D eigenvalue weighted by molar-refractivity contribution is 5.46. The summed E-state index contributed by atoms with van der Waals surface area (Å²) >= 11 is 0. The van der Waals surface area contributed by atoms with E-state index in [1.165, 1.54) is 6.07 Å². The van der Waals surface area contributed by atoms with Gasteiger partial charge in [-0.3, -0.25) is 0 Å². The van der Waals surface area contributed by atoms with E-state index in [2.05, 4.69) is 20.1 Å². The zero-order valence-electron chi connectivity index (χ0n) is 8.12. The lowest BCUT2D eigenvalue weighted by Gasteiger charge is -2.07. The molecule has 2 aromatic rings. The van der Waals surface area contributed by atoms with Gasteiger partial charge in [-0.15, -0.1) is 18.3 Å². The summed E-state index contributed by atoms with van der Waals surface area (Å²) in [5.41, 5.74) is 0.276. The molecule has 86 valence electrons. The summed E-state index contributed by atoms with van der Waals surface area (Å²) in [5.74, 6) is -0.0582. The third kappa shape index (κ3) is 2.00. The monoisotopic (exact) mass is 232 g/mol. The van der Waals surface area contributed by atoms with Crippen molar-refractivity contribution in [2.24, 2.45) is 0 Å². The molecule has 0 aliphatic heterocycles. The van der Waals surface area contributed by atoms with Gasteiger partial charge in [0.05, 0.1) is 6.20 Å². The smallest absolute Gasteiger partial charge is 0.386 e. The predicted octanol–water partition coefficient (Wildman–Crippen LogP) is 1.67. The molecule has 0 amide bonds. The third-order valence-corrected chi connectivity index (χ3v) is 1.81. The first-order valence-corrected chi connectivity index (χ1v) is 4.28. The maximum Gasteiger partial charge on any atom is 0.574 e. The summed E-state index contributed by atoms with van der Waals surface area (Å²) in [5, 5.41) is 6.56. The number of hydrogen-bond acceptors (Lipinski definition) is 4. The van der Waals surface area contributed by atoms with Crippen LogP contribution in [0.4, 0.5) is 19.0 Å². The highest BCUT2D eigenvalue weighted by Gasteiger charge is 2.32. The number of hydrogen-bond donors (Lipinski definition) is 1. The summed E-state index contributed by atoms with van der Waals surface area (Å²) < 4.78 is 40.8. The minimum Gasteiger partial charge on any atom is -0.386 e. The van der Waals surface area contributed by atoms with Gasteiger partial charge in [-0.25, -0.2) is 4.98 Å². The first-order chi connectivity index (χ1) is 7.49. The Hall–Kier alpha value is -1.99. The number of imidazole rings is 1. The average Bonchev–Trinajstić information content (AvgIpc) is 2.58. The van der Waals surface area contributed by atoms with E-state index in [1.807, 2.05) is 0 Å². The number of fused-ring (bicyclic) bond motifs is 1. The van der Waals surface area contributed by atoms with E-state index in [9.17, 15) is 13.2 Å². The predicted molar refractivity (Wildman–Crippen MR) is 49.2 cm³/mol. The molecule has 0 saturated heterocycles. The summed E-state index contributed by atoms with van der Waals surface area (Å²) in [6.45, 7) is 0. The molecule has 2 rings (SSSR count). The van der Waals surface area contributed by atoms with Gasteiger partial charge in [-0.2, -0.15) is 4.52 Å². The molecule has 0 atom stereocenters. The molecule has 0 bridgehead atoms. The standard InChI is InChI=1S/C8H7F3N4O/c1-12-5-2-3-6-13-4-7(15(6)14-5)16-8(9,10)11/h2-4H,1H3,(H,12,14). The van der Waals surface area contributed by atoms with Crippen molar-refractivity contribution in [3.63, 3.8) is 0 Å². The Bertz CT molecular complexity index is 507. The Balaban J connectivity index is 2.46. The number of nitrogens with one attached hydrogen (secondary N) is 1. The van der Waals surface area contributed by atoms with Crippen molar-refractivity contribution in [1.29, 1.82) is 0 Å². The quantitative estimate of drug-likeness (QED) is 0.855. The fraction of sp³-hybridized carbons (Fsp3) is 0.250. The number of alkyl halides is 3. The number of rotatable bonds is 2. The summed E-state index contributed by atoms with van der Waals surface area (Å²) in [6.07, 6.45) is -3.79. The minimum absolute atomic E-state index is 0.276. The molecule has 2 heterocycles. The van der Waals surface area contributed by atoms with Gasteiger partial charge >= 0.3 is 6.36 Å². The van der Waals surface area contributed by atoms with Crippen molar-refractivity contribution < 1.29 is 17.9 Å². The lowest BCUT2D eigenvalue weighted by Crippen LogP contribution is -2.18.